The summed E-state index contributed by atoms with van der Waals surface area (Å²) >= 11 is 0. The second-order valence-electron chi connectivity index (χ2n) is 7.24. The molecule has 8 nitrogen and oxygen atoms in total. The zero-order valence-corrected chi connectivity index (χ0v) is 17.4. The number of methoxy groups -OCH3 is 1. The van der Waals surface area contributed by atoms with Crippen LogP contribution < -0.4 is 14.4 Å². The molecule has 2 aromatic carbocycles. The van der Waals surface area contributed by atoms with Gasteiger partial charge in [-0.15, -0.1) is 0 Å². The van der Waals surface area contributed by atoms with Gasteiger partial charge in [-0.1, -0.05) is 12.1 Å². The molecule has 0 aliphatic carbocycles. The van der Waals surface area contributed by atoms with Gasteiger partial charge in [0.05, 0.1) is 35.5 Å². The topological polar surface area (TPSA) is 102 Å². The van der Waals surface area contributed by atoms with Crippen LogP contribution in [0.3, 0.4) is 0 Å². The summed E-state index contributed by atoms with van der Waals surface area (Å²) in [7, 11) is -2.82. The number of carbonyl (C=O) groups is 2. The molecular formula is C20H22N2O6S. The fourth-order valence-corrected chi connectivity index (χ4v) is 4.20. The Hall–Kier alpha value is -3.07. The van der Waals surface area contributed by atoms with E-state index in [1.165, 1.54) is 49.3 Å². The van der Waals surface area contributed by atoms with E-state index in [1.807, 2.05) is 13.8 Å². The smallest absolute Gasteiger partial charge is 0.339 e. The number of carbonyl (C=O) groups excluding carboxylic acids is 2. The Balaban J connectivity index is 2.01. The molecule has 0 aromatic heterocycles. The number of rotatable bonds is 4. The van der Waals surface area contributed by atoms with Gasteiger partial charge >= 0.3 is 5.97 Å². The predicted molar refractivity (Wildman–Crippen MR) is 108 cm³/mol. The van der Waals surface area contributed by atoms with Crippen molar-refractivity contribution in [2.24, 2.45) is 0 Å². The number of para-hydroxylation sites is 1. The van der Waals surface area contributed by atoms with Crippen LogP contribution >= 0.6 is 0 Å². The van der Waals surface area contributed by atoms with Gasteiger partial charge in [0.15, 0.2) is 0 Å². The highest BCUT2D eigenvalue weighted by Crippen LogP contribution is 2.38. The molecule has 0 spiro atoms. The van der Waals surface area contributed by atoms with Crippen molar-refractivity contribution in [2.75, 3.05) is 23.3 Å². The summed E-state index contributed by atoms with van der Waals surface area (Å²) < 4.78 is 38.9. The minimum Gasteiger partial charge on any atom is -0.484 e. The minimum atomic E-state index is -4.04. The molecule has 2 aromatic rings. The predicted octanol–water partition coefficient (Wildman–Crippen LogP) is 2.80. The highest BCUT2D eigenvalue weighted by Gasteiger charge is 2.34. The number of nitrogens with one attached hydrogen (secondary N) is 1. The van der Waals surface area contributed by atoms with E-state index >= 15 is 0 Å². The van der Waals surface area contributed by atoms with Gasteiger partial charge in [-0.3, -0.25) is 9.52 Å². The Kier molecular flexibility index (Phi) is 5.27. The van der Waals surface area contributed by atoms with Crippen LogP contribution in [-0.2, 0) is 19.6 Å². The summed E-state index contributed by atoms with van der Waals surface area (Å²) in [6.45, 7) is 5.40. The van der Waals surface area contributed by atoms with E-state index in [4.69, 9.17) is 9.47 Å². The number of benzene rings is 2. The first-order valence-electron chi connectivity index (χ1n) is 8.85. The molecule has 1 amide bonds. The number of sulfonamides is 1. The van der Waals surface area contributed by atoms with Gasteiger partial charge in [-0.25, -0.2) is 13.2 Å². The average molecular weight is 418 g/mol. The maximum atomic E-state index is 12.9. The zero-order valence-electron chi connectivity index (χ0n) is 16.6. The van der Waals surface area contributed by atoms with Crippen molar-refractivity contribution < 1.29 is 27.5 Å². The summed E-state index contributed by atoms with van der Waals surface area (Å²) in [5, 5.41) is 0. The number of amides is 1. The van der Waals surface area contributed by atoms with Crippen LogP contribution in [0.4, 0.5) is 11.4 Å². The number of anilines is 2. The number of nitrogens with zero attached hydrogens (tertiary/aromatic N) is 1. The number of hydrogen-bond donors (Lipinski definition) is 1. The maximum absolute atomic E-state index is 12.9. The monoisotopic (exact) mass is 418 g/mol. The number of fused-ring (bicyclic) bond motifs is 1. The number of ether oxygens (including phenoxy) is 2. The molecule has 1 N–H and O–H groups in total. The average Bonchev–Trinajstić information content (AvgIpc) is 2.65. The van der Waals surface area contributed by atoms with Crippen molar-refractivity contribution in [1.29, 1.82) is 0 Å². The molecular weight excluding hydrogens is 396 g/mol. The molecule has 0 saturated carbocycles. The molecule has 1 heterocycles. The van der Waals surface area contributed by atoms with Crippen LogP contribution in [0, 0.1) is 0 Å². The van der Waals surface area contributed by atoms with Gasteiger partial charge in [0.1, 0.15) is 11.4 Å². The van der Waals surface area contributed by atoms with Crippen molar-refractivity contribution in [3.8, 4) is 5.75 Å². The van der Waals surface area contributed by atoms with Crippen molar-refractivity contribution in [3.63, 3.8) is 0 Å². The van der Waals surface area contributed by atoms with Crippen LogP contribution in [0.2, 0.25) is 0 Å². The Bertz CT molecular complexity index is 1080. The first-order chi connectivity index (χ1) is 13.5. The Morgan fingerprint density at radius 3 is 2.52 bits per heavy atom. The van der Waals surface area contributed by atoms with E-state index in [1.54, 1.807) is 12.1 Å². The Morgan fingerprint density at radius 1 is 1.17 bits per heavy atom. The van der Waals surface area contributed by atoms with Gasteiger partial charge in [0, 0.05) is 6.92 Å². The summed E-state index contributed by atoms with van der Waals surface area (Å²) in [5.74, 6) is -0.460. The van der Waals surface area contributed by atoms with Crippen molar-refractivity contribution in [2.45, 2.75) is 31.3 Å². The van der Waals surface area contributed by atoms with Gasteiger partial charge in [-0.2, -0.15) is 0 Å². The lowest BCUT2D eigenvalue weighted by atomic mass is 10.1. The van der Waals surface area contributed by atoms with E-state index < -0.39 is 21.6 Å². The second-order valence-corrected chi connectivity index (χ2v) is 8.92. The van der Waals surface area contributed by atoms with Crippen LogP contribution in [0.5, 0.6) is 5.75 Å². The minimum absolute atomic E-state index is 0.0644. The van der Waals surface area contributed by atoms with Gasteiger partial charge < -0.3 is 14.4 Å². The molecule has 0 bridgehead atoms. The normalized spacial score (nSPS) is 15.1. The lowest BCUT2D eigenvalue weighted by Gasteiger charge is -2.39. The Labute approximate surface area is 169 Å². The van der Waals surface area contributed by atoms with Crippen molar-refractivity contribution >= 4 is 33.3 Å². The highest BCUT2D eigenvalue weighted by atomic mass is 32.2. The summed E-state index contributed by atoms with van der Waals surface area (Å²) in [4.78, 5) is 25.4. The molecule has 0 fully saturated rings. The molecule has 0 atom stereocenters. The molecule has 0 unspecified atom stereocenters. The quantitative estimate of drug-likeness (QED) is 0.766. The third-order valence-corrected chi connectivity index (χ3v) is 5.78. The van der Waals surface area contributed by atoms with Crippen LogP contribution in [0.15, 0.2) is 47.4 Å². The fraction of sp³-hybridized carbons (Fsp3) is 0.300. The second kappa shape index (κ2) is 7.40. The lowest BCUT2D eigenvalue weighted by Crippen LogP contribution is -2.48. The van der Waals surface area contributed by atoms with E-state index in [0.29, 0.717) is 11.4 Å². The number of esters is 1. The molecule has 1 aliphatic rings. The van der Waals surface area contributed by atoms with Crippen LogP contribution in [0.1, 0.15) is 31.1 Å². The third-order valence-electron chi connectivity index (χ3n) is 4.41. The van der Waals surface area contributed by atoms with E-state index in [0.717, 1.165) is 0 Å². The summed E-state index contributed by atoms with van der Waals surface area (Å²) in [5.41, 5.74) is -0.0395. The van der Waals surface area contributed by atoms with E-state index in [2.05, 4.69) is 4.72 Å². The summed E-state index contributed by atoms with van der Waals surface area (Å²) in [6.07, 6.45) is 0. The maximum Gasteiger partial charge on any atom is 0.339 e. The molecule has 0 radical (unpaired) electrons. The number of hydrogen-bond acceptors (Lipinski definition) is 6. The first-order valence-corrected chi connectivity index (χ1v) is 10.3. The van der Waals surface area contributed by atoms with Crippen LogP contribution in [-0.4, -0.2) is 39.5 Å². The molecule has 154 valence electrons. The fourth-order valence-electron chi connectivity index (χ4n) is 3.10. The van der Waals surface area contributed by atoms with Crippen LogP contribution in [0.25, 0.3) is 0 Å². The van der Waals surface area contributed by atoms with E-state index in [9.17, 15) is 18.0 Å². The van der Waals surface area contributed by atoms with E-state index in [-0.39, 0.29) is 28.6 Å². The molecule has 0 saturated heterocycles. The largest absolute Gasteiger partial charge is 0.484 e. The molecule has 9 heteroatoms. The van der Waals surface area contributed by atoms with Gasteiger partial charge in [0.25, 0.3) is 10.0 Å². The van der Waals surface area contributed by atoms with Crippen molar-refractivity contribution in [3.05, 3.63) is 48.0 Å². The zero-order chi connectivity index (χ0) is 21.4. The van der Waals surface area contributed by atoms with Gasteiger partial charge in [-0.05, 0) is 44.2 Å². The highest BCUT2D eigenvalue weighted by molar-refractivity contribution is 7.92. The lowest BCUT2D eigenvalue weighted by molar-refractivity contribution is -0.117. The van der Waals surface area contributed by atoms with Crippen molar-refractivity contribution in [1.82, 2.24) is 0 Å². The molecule has 3 rings (SSSR count). The van der Waals surface area contributed by atoms with Gasteiger partial charge in [0.2, 0.25) is 5.91 Å². The first kappa shape index (κ1) is 20.7. The molecule has 1 aliphatic heterocycles. The Morgan fingerprint density at radius 2 is 1.86 bits per heavy atom. The summed E-state index contributed by atoms with van der Waals surface area (Å²) in [6, 6.07) is 10.4. The standard InChI is InChI=1S/C20H22N2O6S/c1-13(23)22-12-20(2,3)28-18-10-9-14(11-17(18)22)29(25,26)21-16-8-6-5-7-15(16)19(24)27-4/h5-11,21H,12H2,1-4H3. The third kappa shape index (κ3) is 4.19. The molecule has 29 heavy (non-hydrogen) atoms. The SMILES string of the molecule is COC(=O)c1ccccc1NS(=O)(=O)c1ccc2c(c1)N(C(C)=O)CC(C)(C)O2.